The van der Waals surface area contributed by atoms with Gasteiger partial charge in [0, 0.05) is 38.5 Å². The standard InChI is InChI=1S/C51H31N5/c1-2-15-33(16-3-1)49-52-50(54-51(53-49)36-29-28-32-14-4-5-17-34(32)30-36)35-18-12-19-37(31-35)55-45-27-13-24-41-39-21-7-6-20-38(39)40-22-8-10-25-43(40)56-44-26-11-9-23-42(44)47(55)48(56)46(41)45/h1-31H. The van der Waals surface area contributed by atoms with E-state index in [1.54, 1.807) is 0 Å². The third kappa shape index (κ3) is 4.52. The van der Waals surface area contributed by atoms with E-state index >= 15 is 0 Å². The predicted molar refractivity (Wildman–Crippen MR) is 231 cm³/mol. The van der Waals surface area contributed by atoms with Gasteiger partial charge in [0.2, 0.25) is 0 Å². The van der Waals surface area contributed by atoms with Gasteiger partial charge < -0.3 is 8.97 Å². The van der Waals surface area contributed by atoms with Crippen molar-refractivity contribution in [2.45, 2.75) is 0 Å². The molecule has 5 heteroatoms. The van der Waals surface area contributed by atoms with Gasteiger partial charge >= 0.3 is 0 Å². The molecule has 0 unspecified atom stereocenters. The lowest BCUT2D eigenvalue weighted by Crippen LogP contribution is -2.01. The van der Waals surface area contributed by atoms with Gasteiger partial charge in [-0.2, -0.15) is 0 Å². The number of rotatable bonds is 4. The monoisotopic (exact) mass is 713 g/mol. The van der Waals surface area contributed by atoms with Crippen molar-refractivity contribution in [2.24, 2.45) is 0 Å². The van der Waals surface area contributed by atoms with Crippen LogP contribution in [-0.2, 0) is 0 Å². The van der Waals surface area contributed by atoms with Crippen molar-refractivity contribution in [1.82, 2.24) is 23.9 Å². The van der Waals surface area contributed by atoms with Gasteiger partial charge in [0.25, 0.3) is 0 Å². The minimum atomic E-state index is 0.625. The number of nitrogens with zero attached hydrogens (tertiary/aromatic N) is 5. The molecular weight excluding hydrogens is 683 g/mol. The molecule has 0 aliphatic rings. The van der Waals surface area contributed by atoms with E-state index in [4.69, 9.17) is 15.0 Å². The molecule has 0 bridgehead atoms. The number of hydrogen-bond donors (Lipinski definition) is 0. The molecule has 0 radical (unpaired) electrons. The highest BCUT2D eigenvalue weighted by molar-refractivity contribution is 6.29. The van der Waals surface area contributed by atoms with Crippen LogP contribution in [0.2, 0.25) is 0 Å². The summed E-state index contributed by atoms with van der Waals surface area (Å²) in [6.45, 7) is 0. The molecular formula is C51H31N5. The number of benzene rings is 8. The Morgan fingerprint density at radius 2 is 0.857 bits per heavy atom. The Balaban J connectivity index is 1.16. The fourth-order valence-corrected chi connectivity index (χ4v) is 8.83. The van der Waals surface area contributed by atoms with E-state index in [-0.39, 0.29) is 0 Å². The first-order valence-corrected chi connectivity index (χ1v) is 19.0. The molecule has 4 aromatic heterocycles. The van der Waals surface area contributed by atoms with Gasteiger partial charge in [0.05, 0.1) is 27.6 Å². The number of aromatic nitrogens is 5. The van der Waals surface area contributed by atoms with Crippen molar-refractivity contribution in [2.75, 3.05) is 0 Å². The van der Waals surface area contributed by atoms with Crippen molar-refractivity contribution in [1.29, 1.82) is 0 Å². The summed E-state index contributed by atoms with van der Waals surface area (Å²) < 4.78 is 4.92. The summed E-state index contributed by atoms with van der Waals surface area (Å²) in [5.41, 5.74) is 9.72. The SMILES string of the molecule is c1ccc(-c2nc(-c3cccc(-n4c5cccc6c7ccccc7c7ccccc7n7c8ccccc8c4c7c65)c3)nc(-c3ccc4ccccc4c3)n2)cc1. The second kappa shape index (κ2) is 11.9. The molecule has 56 heavy (non-hydrogen) atoms. The second-order valence-corrected chi connectivity index (χ2v) is 14.4. The normalized spacial score (nSPS) is 11.9. The fourth-order valence-electron chi connectivity index (χ4n) is 8.83. The summed E-state index contributed by atoms with van der Waals surface area (Å²) in [5.74, 6) is 1.91. The van der Waals surface area contributed by atoms with E-state index in [0.29, 0.717) is 17.5 Å². The van der Waals surface area contributed by atoms with Gasteiger partial charge in [0.1, 0.15) is 0 Å². The molecule has 0 N–H and O–H groups in total. The number of hydrogen-bond acceptors (Lipinski definition) is 3. The first-order valence-electron chi connectivity index (χ1n) is 19.0. The van der Waals surface area contributed by atoms with Crippen LogP contribution in [-0.4, -0.2) is 23.9 Å². The van der Waals surface area contributed by atoms with Crippen LogP contribution in [0.4, 0.5) is 0 Å². The Morgan fingerprint density at radius 3 is 1.64 bits per heavy atom. The molecule has 5 nitrogen and oxygen atoms in total. The minimum absolute atomic E-state index is 0.625. The topological polar surface area (TPSA) is 48.0 Å². The molecule has 0 aliphatic heterocycles. The van der Waals surface area contributed by atoms with E-state index in [1.165, 1.54) is 59.8 Å². The molecule has 4 heterocycles. The molecule has 0 saturated carbocycles. The molecule has 8 aromatic carbocycles. The summed E-state index contributed by atoms with van der Waals surface area (Å²) in [7, 11) is 0. The molecule has 0 aliphatic carbocycles. The van der Waals surface area contributed by atoms with Gasteiger partial charge in [0.15, 0.2) is 17.5 Å². The average Bonchev–Trinajstić information content (AvgIpc) is 3.78. The number of para-hydroxylation sites is 2. The lowest BCUT2D eigenvalue weighted by molar-refractivity contribution is 1.07. The Bertz CT molecular complexity index is 3540. The highest BCUT2D eigenvalue weighted by atomic mass is 15.1. The Labute approximate surface area is 321 Å². The molecule has 12 aromatic rings. The van der Waals surface area contributed by atoms with Crippen LogP contribution in [0.15, 0.2) is 188 Å². The Morgan fingerprint density at radius 1 is 0.321 bits per heavy atom. The van der Waals surface area contributed by atoms with Gasteiger partial charge in [-0.15, -0.1) is 0 Å². The zero-order valence-electron chi connectivity index (χ0n) is 30.1. The van der Waals surface area contributed by atoms with Crippen molar-refractivity contribution < 1.29 is 0 Å². The van der Waals surface area contributed by atoms with Crippen LogP contribution in [0.1, 0.15) is 0 Å². The summed E-state index contributed by atoms with van der Waals surface area (Å²) in [5, 5.41) is 9.65. The highest BCUT2D eigenvalue weighted by Gasteiger charge is 2.23. The van der Waals surface area contributed by atoms with Crippen LogP contribution in [0.3, 0.4) is 0 Å². The molecule has 0 saturated heterocycles. The quantitative estimate of drug-likeness (QED) is 0.182. The minimum Gasteiger partial charge on any atom is -0.307 e. The Hall–Kier alpha value is -7.63. The van der Waals surface area contributed by atoms with Crippen LogP contribution in [0.25, 0.3) is 111 Å². The van der Waals surface area contributed by atoms with Crippen molar-refractivity contribution in [3.63, 3.8) is 0 Å². The lowest BCUT2D eigenvalue weighted by Gasteiger charge is -2.12. The largest absolute Gasteiger partial charge is 0.307 e. The fraction of sp³-hybridized carbons (Fsp3) is 0. The van der Waals surface area contributed by atoms with E-state index in [9.17, 15) is 0 Å². The zero-order chi connectivity index (χ0) is 36.7. The van der Waals surface area contributed by atoms with Gasteiger partial charge in [-0.25, -0.2) is 15.0 Å². The molecule has 0 amide bonds. The third-order valence-corrected chi connectivity index (χ3v) is 11.3. The average molecular weight is 714 g/mol. The summed E-state index contributed by atoms with van der Waals surface area (Å²) in [4.78, 5) is 15.3. The van der Waals surface area contributed by atoms with Gasteiger partial charge in [-0.1, -0.05) is 152 Å². The maximum absolute atomic E-state index is 5.17. The van der Waals surface area contributed by atoms with Crippen LogP contribution >= 0.6 is 0 Å². The molecule has 12 rings (SSSR count). The van der Waals surface area contributed by atoms with Crippen molar-refractivity contribution in [3.05, 3.63) is 188 Å². The van der Waals surface area contributed by atoms with E-state index in [1.807, 2.05) is 18.2 Å². The van der Waals surface area contributed by atoms with Crippen molar-refractivity contribution in [3.8, 4) is 39.9 Å². The third-order valence-electron chi connectivity index (χ3n) is 11.3. The van der Waals surface area contributed by atoms with E-state index < -0.39 is 0 Å². The van der Waals surface area contributed by atoms with Crippen LogP contribution in [0.5, 0.6) is 0 Å². The van der Waals surface area contributed by atoms with E-state index in [2.05, 4.69) is 179 Å². The maximum Gasteiger partial charge on any atom is 0.164 e. The number of fused-ring (bicyclic) bond motifs is 9. The van der Waals surface area contributed by atoms with Crippen molar-refractivity contribution >= 4 is 70.7 Å². The van der Waals surface area contributed by atoms with Crippen LogP contribution in [0, 0.1) is 0 Å². The van der Waals surface area contributed by atoms with Gasteiger partial charge in [-0.3, -0.25) is 0 Å². The zero-order valence-corrected chi connectivity index (χ0v) is 30.1. The first-order chi connectivity index (χ1) is 27.8. The first kappa shape index (κ1) is 30.8. The predicted octanol–water partition coefficient (Wildman–Crippen LogP) is 12.8. The lowest BCUT2D eigenvalue weighted by atomic mass is 10.0. The van der Waals surface area contributed by atoms with Crippen LogP contribution < -0.4 is 0 Å². The van der Waals surface area contributed by atoms with Gasteiger partial charge in [-0.05, 0) is 63.3 Å². The maximum atomic E-state index is 5.17. The Kier molecular flexibility index (Phi) is 6.56. The molecule has 260 valence electrons. The highest BCUT2D eigenvalue weighted by Crippen LogP contribution is 2.44. The summed E-state index contributed by atoms with van der Waals surface area (Å²) in [6.07, 6.45) is 0. The summed E-state index contributed by atoms with van der Waals surface area (Å²) in [6, 6.07) is 66.8. The van der Waals surface area contributed by atoms with E-state index in [0.717, 1.165) is 33.3 Å². The molecule has 0 atom stereocenters. The molecule has 0 fully saturated rings. The second-order valence-electron chi connectivity index (χ2n) is 14.4. The summed E-state index contributed by atoms with van der Waals surface area (Å²) >= 11 is 0. The smallest absolute Gasteiger partial charge is 0.164 e. The molecule has 0 spiro atoms.